The summed E-state index contributed by atoms with van der Waals surface area (Å²) in [5.74, 6) is 0.264. The number of methoxy groups -OCH3 is 1. The topological polar surface area (TPSA) is 71.7 Å². The second kappa shape index (κ2) is 7.77. The molecule has 5 heteroatoms. The summed E-state index contributed by atoms with van der Waals surface area (Å²) in [6.45, 7) is 1.84. The molecule has 118 valence electrons. The van der Waals surface area contributed by atoms with Crippen LogP contribution in [-0.2, 0) is 9.53 Å². The van der Waals surface area contributed by atoms with Gasteiger partial charge in [-0.15, -0.1) is 0 Å². The summed E-state index contributed by atoms with van der Waals surface area (Å²) < 4.78 is 10.4. The molecule has 0 saturated carbocycles. The number of nitrogens with one attached hydrogen (secondary N) is 1. The molecule has 2 N–H and O–H groups in total. The third-order valence-corrected chi connectivity index (χ3v) is 3.41. The third kappa shape index (κ3) is 4.19. The van der Waals surface area contributed by atoms with Crippen LogP contribution in [0.5, 0.6) is 0 Å². The molecule has 1 aromatic heterocycles. The van der Waals surface area contributed by atoms with Crippen LogP contribution < -0.4 is 5.32 Å². The number of ether oxygens (including phenoxy) is 1. The Morgan fingerprint density at radius 1 is 1.27 bits per heavy atom. The van der Waals surface area contributed by atoms with Gasteiger partial charge < -0.3 is 19.6 Å². The predicted molar refractivity (Wildman–Crippen MR) is 82.1 cm³/mol. The lowest BCUT2D eigenvalue weighted by Crippen LogP contribution is -2.37. The van der Waals surface area contributed by atoms with Gasteiger partial charge in [0.2, 0.25) is 0 Å². The summed E-state index contributed by atoms with van der Waals surface area (Å²) in [6, 6.07) is 12.5. The van der Waals surface area contributed by atoms with E-state index >= 15 is 0 Å². The van der Waals surface area contributed by atoms with Gasteiger partial charge in [0.15, 0.2) is 6.10 Å². The van der Waals surface area contributed by atoms with Gasteiger partial charge in [-0.2, -0.15) is 0 Å². The monoisotopic (exact) mass is 303 g/mol. The lowest BCUT2D eigenvalue weighted by atomic mass is 10.1. The molecule has 1 aromatic carbocycles. The molecule has 1 heterocycles. The second-order valence-corrected chi connectivity index (χ2v) is 5.20. The van der Waals surface area contributed by atoms with Gasteiger partial charge in [0.1, 0.15) is 11.9 Å². The van der Waals surface area contributed by atoms with Crippen LogP contribution in [-0.4, -0.2) is 24.2 Å². The van der Waals surface area contributed by atoms with Crippen LogP contribution in [0.4, 0.5) is 0 Å². The Morgan fingerprint density at radius 3 is 2.59 bits per heavy atom. The minimum absolute atomic E-state index is 0.214. The summed E-state index contributed by atoms with van der Waals surface area (Å²) in [7, 11) is 1.50. The van der Waals surface area contributed by atoms with Crippen LogP contribution in [0, 0.1) is 0 Å². The van der Waals surface area contributed by atoms with E-state index in [9.17, 15) is 9.90 Å². The zero-order valence-corrected chi connectivity index (χ0v) is 12.7. The molecule has 3 atom stereocenters. The first-order valence-corrected chi connectivity index (χ1v) is 7.21. The third-order valence-electron chi connectivity index (χ3n) is 3.41. The van der Waals surface area contributed by atoms with Crippen molar-refractivity contribution in [2.75, 3.05) is 7.11 Å². The summed E-state index contributed by atoms with van der Waals surface area (Å²) in [6.07, 6.45) is 0.468. The number of benzene rings is 1. The molecular weight excluding hydrogens is 282 g/mol. The SMILES string of the molecule is CO[C@@H](C(=O)NC(C)CC(O)c1ccco1)c1ccccc1. The Bertz CT molecular complexity index is 568. The van der Waals surface area contributed by atoms with E-state index in [1.165, 1.54) is 13.4 Å². The quantitative estimate of drug-likeness (QED) is 0.824. The molecule has 0 aliphatic carbocycles. The van der Waals surface area contributed by atoms with Crippen LogP contribution >= 0.6 is 0 Å². The summed E-state index contributed by atoms with van der Waals surface area (Å²) in [5.41, 5.74) is 0.793. The van der Waals surface area contributed by atoms with Crippen molar-refractivity contribution in [3.8, 4) is 0 Å². The molecule has 2 aromatic rings. The van der Waals surface area contributed by atoms with Crippen molar-refractivity contribution in [1.29, 1.82) is 0 Å². The van der Waals surface area contributed by atoms with Gasteiger partial charge >= 0.3 is 0 Å². The van der Waals surface area contributed by atoms with Gasteiger partial charge in [0, 0.05) is 19.6 Å². The number of aliphatic hydroxyl groups excluding tert-OH is 1. The van der Waals surface area contributed by atoms with Crippen LogP contribution in [0.25, 0.3) is 0 Å². The molecule has 0 aliphatic heterocycles. The van der Waals surface area contributed by atoms with Crippen molar-refractivity contribution in [2.24, 2.45) is 0 Å². The van der Waals surface area contributed by atoms with E-state index in [1.54, 1.807) is 12.1 Å². The van der Waals surface area contributed by atoms with Crippen molar-refractivity contribution in [3.63, 3.8) is 0 Å². The molecule has 0 saturated heterocycles. The summed E-state index contributed by atoms with van der Waals surface area (Å²) in [5, 5.41) is 12.9. The summed E-state index contributed by atoms with van der Waals surface area (Å²) >= 11 is 0. The molecule has 1 amide bonds. The van der Waals surface area contributed by atoms with E-state index in [0.717, 1.165) is 5.56 Å². The zero-order chi connectivity index (χ0) is 15.9. The first-order chi connectivity index (χ1) is 10.6. The zero-order valence-electron chi connectivity index (χ0n) is 12.7. The maximum Gasteiger partial charge on any atom is 0.253 e. The molecule has 0 spiro atoms. The van der Waals surface area contributed by atoms with E-state index in [2.05, 4.69) is 5.32 Å². The highest BCUT2D eigenvalue weighted by Gasteiger charge is 2.23. The fraction of sp³-hybridized carbons (Fsp3) is 0.353. The number of rotatable bonds is 7. The molecule has 0 radical (unpaired) electrons. The maximum absolute atomic E-state index is 12.3. The Balaban J connectivity index is 1.92. The van der Waals surface area contributed by atoms with Crippen LogP contribution in [0.2, 0.25) is 0 Å². The van der Waals surface area contributed by atoms with E-state index in [0.29, 0.717) is 12.2 Å². The standard InChI is InChI=1S/C17H21NO4/c1-12(11-14(19)15-9-6-10-22-15)18-17(20)16(21-2)13-7-4-3-5-8-13/h3-10,12,14,16,19H,11H2,1-2H3,(H,18,20)/t12?,14?,16-/m1/s1. The number of carbonyl (C=O) groups is 1. The fourth-order valence-corrected chi connectivity index (χ4v) is 2.33. The maximum atomic E-state index is 12.3. The van der Waals surface area contributed by atoms with Crippen LogP contribution in [0.3, 0.4) is 0 Å². The van der Waals surface area contributed by atoms with Gasteiger partial charge in [0.25, 0.3) is 5.91 Å². The normalized spacial score (nSPS) is 15.0. The van der Waals surface area contributed by atoms with Gasteiger partial charge in [-0.05, 0) is 24.6 Å². The number of hydrogen-bond donors (Lipinski definition) is 2. The van der Waals surface area contributed by atoms with Crippen molar-refractivity contribution in [2.45, 2.75) is 31.6 Å². The highest BCUT2D eigenvalue weighted by Crippen LogP contribution is 2.20. The highest BCUT2D eigenvalue weighted by molar-refractivity contribution is 5.82. The van der Waals surface area contributed by atoms with Gasteiger partial charge in [-0.3, -0.25) is 4.79 Å². The Kier molecular flexibility index (Phi) is 5.75. The second-order valence-electron chi connectivity index (χ2n) is 5.20. The first-order valence-electron chi connectivity index (χ1n) is 7.21. The smallest absolute Gasteiger partial charge is 0.253 e. The molecule has 0 fully saturated rings. The fourth-order valence-electron chi connectivity index (χ4n) is 2.33. The number of hydrogen-bond acceptors (Lipinski definition) is 4. The summed E-state index contributed by atoms with van der Waals surface area (Å²) in [4.78, 5) is 12.3. The molecule has 5 nitrogen and oxygen atoms in total. The molecule has 2 rings (SSSR count). The van der Waals surface area contributed by atoms with E-state index in [-0.39, 0.29) is 11.9 Å². The van der Waals surface area contributed by atoms with Crippen molar-refractivity contribution >= 4 is 5.91 Å². The predicted octanol–water partition coefficient (Wildman–Crippen LogP) is 2.60. The van der Waals surface area contributed by atoms with Crippen molar-refractivity contribution < 1.29 is 19.1 Å². The van der Waals surface area contributed by atoms with Crippen molar-refractivity contribution in [3.05, 3.63) is 60.1 Å². The minimum atomic E-state index is -0.747. The lowest BCUT2D eigenvalue weighted by Gasteiger charge is -2.21. The number of aliphatic hydroxyl groups is 1. The van der Waals surface area contributed by atoms with Crippen molar-refractivity contribution in [1.82, 2.24) is 5.32 Å². The Hall–Kier alpha value is -2.11. The number of furan rings is 1. The van der Waals surface area contributed by atoms with Gasteiger partial charge in [0.05, 0.1) is 6.26 Å². The Labute approximate surface area is 129 Å². The lowest BCUT2D eigenvalue weighted by molar-refractivity contribution is -0.132. The number of amides is 1. The average Bonchev–Trinajstić information content (AvgIpc) is 3.03. The van der Waals surface area contributed by atoms with Crippen LogP contribution in [0.15, 0.2) is 53.1 Å². The van der Waals surface area contributed by atoms with E-state index < -0.39 is 12.2 Å². The minimum Gasteiger partial charge on any atom is -0.467 e. The molecule has 22 heavy (non-hydrogen) atoms. The number of carbonyl (C=O) groups excluding carboxylic acids is 1. The van der Waals surface area contributed by atoms with Gasteiger partial charge in [-0.1, -0.05) is 30.3 Å². The Morgan fingerprint density at radius 2 is 2.00 bits per heavy atom. The molecule has 0 aliphatic rings. The first kappa shape index (κ1) is 16.3. The van der Waals surface area contributed by atoms with Gasteiger partial charge in [-0.25, -0.2) is 0 Å². The molecule has 0 bridgehead atoms. The largest absolute Gasteiger partial charge is 0.467 e. The van der Waals surface area contributed by atoms with E-state index in [1.807, 2.05) is 37.3 Å². The van der Waals surface area contributed by atoms with E-state index in [4.69, 9.17) is 9.15 Å². The molecule has 2 unspecified atom stereocenters. The molecular formula is C17H21NO4. The highest BCUT2D eigenvalue weighted by atomic mass is 16.5. The average molecular weight is 303 g/mol. The van der Waals surface area contributed by atoms with Crippen LogP contribution in [0.1, 0.15) is 36.9 Å².